The molecular formula is C69H78N12O8S3. The molecule has 5 amide bonds. The number of para-hydroxylation sites is 1. The number of anilines is 3. The van der Waals surface area contributed by atoms with Crippen molar-refractivity contribution in [3.63, 3.8) is 0 Å². The summed E-state index contributed by atoms with van der Waals surface area (Å²) in [4.78, 5) is 92.0. The number of β-amino-alcohol motifs (C(OH)–C–C–N with tert-alkyl or cyclic N) is 1. The van der Waals surface area contributed by atoms with E-state index in [4.69, 9.17) is 10.1 Å². The lowest BCUT2D eigenvalue weighted by Gasteiger charge is -2.38. The second-order valence-electron chi connectivity index (χ2n) is 26.0. The fourth-order valence-electron chi connectivity index (χ4n) is 13.4. The number of aliphatic hydroxyl groups is 1. The fraction of sp³-hybridized carbons (Fsp3) is 0.406. The van der Waals surface area contributed by atoms with E-state index in [9.17, 15) is 37.5 Å². The molecule has 4 aromatic carbocycles. The number of amides is 5. The second kappa shape index (κ2) is 26.7. The van der Waals surface area contributed by atoms with Gasteiger partial charge in [-0.05, 0) is 141 Å². The van der Waals surface area contributed by atoms with E-state index in [1.54, 1.807) is 41.8 Å². The smallest absolute Gasteiger partial charge is 0.284 e. The van der Waals surface area contributed by atoms with Gasteiger partial charge in [0.15, 0.2) is 5.13 Å². The normalized spacial score (nSPS) is 18.7. The molecule has 12 rings (SSSR count). The third kappa shape index (κ3) is 13.7. The first-order valence-corrected chi connectivity index (χ1v) is 34.9. The molecule has 3 aliphatic heterocycles. The molecule has 480 valence electrons. The summed E-state index contributed by atoms with van der Waals surface area (Å²) in [5.74, 6) is -2.05. The van der Waals surface area contributed by atoms with Crippen LogP contribution in [0.4, 0.5) is 16.6 Å². The number of likely N-dealkylation sites (tertiary alicyclic amines) is 1. The summed E-state index contributed by atoms with van der Waals surface area (Å²) in [6.45, 7) is 13.7. The minimum Gasteiger partial charge on any atom is -0.391 e. The van der Waals surface area contributed by atoms with Crippen molar-refractivity contribution >= 4 is 89.1 Å². The molecular weight excluding hydrogens is 1220 g/mol. The minimum absolute atomic E-state index is 0.0520. The molecule has 5 N–H and O–H groups in total. The Balaban J connectivity index is 0.725. The van der Waals surface area contributed by atoms with Gasteiger partial charge in [0, 0.05) is 73.8 Å². The number of piperidine rings is 1. The Kier molecular flexibility index (Phi) is 18.5. The molecule has 1 aliphatic carbocycles. The van der Waals surface area contributed by atoms with Gasteiger partial charge in [0.05, 0.1) is 55.5 Å². The van der Waals surface area contributed by atoms with Crippen molar-refractivity contribution in [3.05, 3.63) is 154 Å². The molecule has 8 aromatic rings. The third-order valence-electron chi connectivity index (χ3n) is 18.6. The van der Waals surface area contributed by atoms with Gasteiger partial charge in [-0.2, -0.15) is 5.10 Å². The number of rotatable bonds is 17. The van der Waals surface area contributed by atoms with Crippen LogP contribution in [-0.2, 0) is 43.9 Å². The van der Waals surface area contributed by atoms with Crippen molar-refractivity contribution in [1.29, 1.82) is 0 Å². The van der Waals surface area contributed by atoms with Gasteiger partial charge < -0.3 is 30.4 Å². The number of hydrogen-bond acceptors (Lipinski definition) is 16. The van der Waals surface area contributed by atoms with E-state index in [0.717, 1.165) is 68.1 Å². The van der Waals surface area contributed by atoms with E-state index in [0.29, 0.717) is 78.1 Å². The van der Waals surface area contributed by atoms with Gasteiger partial charge in [0.25, 0.3) is 21.8 Å². The highest BCUT2D eigenvalue weighted by molar-refractivity contribution is 7.90. The molecule has 4 aromatic heterocycles. The standard InChI is InChI=1S/C69H78N12O8S3/c1-41(45-21-23-47(24-22-45)61-42(2)70-40-90-61)72-65(85)57-34-50(82)38-80(57)67(87)62(69(4,5)6)75-63(83)48-17-13-32-78(37-48)49-25-27-51(28-26-49)92(88,89)77-66(86)60-52(54-35-71-81(43(54)3)36-44-14-8-7-9-15-44)29-30-59(74-60)79-33-31-46-16-12-18-53(55(46)39-79)64(84)76-68-73-56-19-10-11-20-58(56)91-68/h10-12,16,18-30,35,40-41,44,48,50,57,62,82H,7-9,13-15,17,31-34,36-39H2,1-6H3,(H,72,85)(H,75,83)(H,77,86)(H,73,76,84)/t41-,48?,50+,57-,62+/m0/s1. The van der Waals surface area contributed by atoms with Crippen LogP contribution in [0.3, 0.4) is 0 Å². The quantitative estimate of drug-likeness (QED) is 0.0569. The molecule has 1 saturated carbocycles. The highest BCUT2D eigenvalue weighted by Gasteiger charge is 2.45. The number of thiazole rings is 2. The lowest BCUT2D eigenvalue weighted by atomic mass is 9.84. The van der Waals surface area contributed by atoms with E-state index in [-0.39, 0.29) is 41.9 Å². The highest BCUT2D eigenvalue weighted by Crippen LogP contribution is 2.36. The maximum absolute atomic E-state index is 14.8. The molecule has 0 spiro atoms. The number of nitrogens with one attached hydrogen (secondary N) is 4. The number of fused-ring (bicyclic) bond motifs is 2. The largest absolute Gasteiger partial charge is 0.391 e. The van der Waals surface area contributed by atoms with Crippen LogP contribution in [0.5, 0.6) is 0 Å². The van der Waals surface area contributed by atoms with Crippen molar-refractivity contribution in [2.75, 3.05) is 41.3 Å². The van der Waals surface area contributed by atoms with Crippen molar-refractivity contribution in [3.8, 4) is 21.6 Å². The van der Waals surface area contributed by atoms with Crippen LogP contribution in [0.2, 0.25) is 0 Å². The lowest BCUT2D eigenvalue weighted by Crippen LogP contribution is -2.59. The summed E-state index contributed by atoms with van der Waals surface area (Å²) in [5, 5.41) is 25.3. The molecule has 5 atom stereocenters. The van der Waals surface area contributed by atoms with E-state index in [1.165, 1.54) is 47.6 Å². The number of benzene rings is 4. The highest BCUT2D eigenvalue weighted by atomic mass is 32.2. The zero-order valence-electron chi connectivity index (χ0n) is 52.6. The van der Waals surface area contributed by atoms with Crippen LogP contribution < -0.4 is 30.5 Å². The predicted octanol–water partition coefficient (Wildman–Crippen LogP) is 10.4. The number of pyridine rings is 1. The van der Waals surface area contributed by atoms with Gasteiger partial charge in [-0.15, -0.1) is 11.3 Å². The maximum Gasteiger partial charge on any atom is 0.284 e. The van der Waals surface area contributed by atoms with Crippen LogP contribution >= 0.6 is 22.7 Å². The molecule has 23 heteroatoms. The Morgan fingerprint density at radius 1 is 0.783 bits per heavy atom. The molecule has 20 nitrogen and oxygen atoms in total. The molecule has 4 aliphatic rings. The fourth-order valence-corrected chi connectivity index (χ4v) is 16.0. The number of sulfonamides is 1. The van der Waals surface area contributed by atoms with Crippen LogP contribution in [-0.4, -0.2) is 117 Å². The van der Waals surface area contributed by atoms with Gasteiger partial charge in [0.2, 0.25) is 17.7 Å². The van der Waals surface area contributed by atoms with E-state index < -0.39 is 63.3 Å². The Bertz CT molecular complexity index is 4160. The summed E-state index contributed by atoms with van der Waals surface area (Å²) in [5.41, 5.74) is 9.47. The molecule has 0 radical (unpaired) electrons. The number of carbonyl (C=O) groups excluding carboxylic acids is 5. The van der Waals surface area contributed by atoms with Crippen molar-refractivity contribution in [2.45, 2.75) is 142 Å². The third-order valence-corrected chi connectivity index (χ3v) is 21.9. The van der Waals surface area contributed by atoms with Gasteiger partial charge >= 0.3 is 0 Å². The van der Waals surface area contributed by atoms with Gasteiger partial charge in [-0.3, -0.25) is 34.0 Å². The Hall–Kier alpha value is -8.38. The molecule has 0 bridgehead atoms. The monoisotopic (exact) mass is 1300 g/mol. The first kappa shape index (κ1) is 63.8. The van der Waals surface area contributed by atoms with E-state index in [2.05, 4.69) is 30.6 Å². The predicted molar refractivity (Wildman–Crippen MR) is 358 cm³/mol. The average molecular weight is 1300 g/mol. The maximum atomic E-state index is 14.8. The number of carbonyl (C=O) groups is 5. The van der Waals surface area contributed by atoms with E-state index in [1.807, 2.05) is 128 Å². The second-order valence-corrected chi connectivity index (χ2v) is 29.6. The first-order chi connectivity index (χ1) is 44.1. The van der Waals surface area contributed by atoms with Crippen LogP contribution in [0.25, 0.3) is 31.8 Å². The Morgan fingerprint density at radius 3 is 2.29 bits per heavy atom. The van der Waals surface area contributed by atoms with Crippen molar-refractivity contribution in [1.82, 2.24) is 45.0 Å². The number of aryl methyl sites for hydroxylation is 1. The molecule has 7 heterocycles. The zero-order chi connectivity index (χ0) is 64.6. The summed E-state index contributed by atoms with van der Waals surface area (Å²) in [7, 11) is -4.50. The topological polar surface area (TPSA) is 254 Å². The summed E-state index contributed by atoms with van der Waals surface area (Å²) in [6.07, 6.45) is 8.40. The Morgan fingerprint density at radius 2 is 1.55 bits per heavy atom. The van der Waals surface area contributed by atoms with Crippen molar-refractivity contribution in [2.24, 2.45) is 17.3 Å². The summed E-state index contributed by atoms with van der Waals surface area (Å²) >= 11 is 2.96. The van der Waals surface area contributed by atoms with Crippen LogP contribution in [0, 0.1) is 31.1 Å². The zero-order valence-corrected chi connectivity index (χ0v) is 55.1. The van der Waals surface area contributed by atoms with E-state index >= 15 is 0 Å². The van der Waals surface area contributed by atoms with Crippen LogP contribution in [0.1, 0.15) is 134 Å². The number of aliphatic hydroxyl groups excluding tert-OH is 1. The van der Waals surface area contributed by atoms with Gasteiger partial charge in [0.1, 0.15) is 23.6 Å². The molecule has 3 fully saturated rings. The Labute approximate surface area is 544 Å². The summed E-state index contributed by atoms with van der Waals surface area (Å²) in [6, 6.07) is 28.7. The van der Waals surface area contributed by atoms with Crippen LogP contribution in [0.15, 0.2) is 120 Å². The SMILES string of the molecule is Cc1ncsc1-c1ccc([C@H](C)NC(=O)[C@@H]2C[C@@H](O)CN2C(=O)[C@@H](NC(=O)C2CCCN(c3ccc(S(=O)(=O)NC(=O)c4nc(N5CCc6cccc(C(=O)Nc7nc8ccccc8s7)c6C5)ccc4-c4cnn(CC5CCCCC5)c4C)cc3)C2)C(C)(C)C)cc1. The first-order valence-electron chi connectivity index (χ1n) is 31.7. The molecule has 1 unspecified atom stereocenters. The van der Waals surface area contributed by atoms with Gasteiger partial charge in [-0.25, -0.2) is 28.1 Å². The lowest BCUT2D eigenvalue weighted by molar-refractivity contribution is -0.144. The number of aromatic nitrogens is 5. The summed E-state index contributed by atoms with van der Waals surface area (Å²) < 4.78 is 34.1. The van der Waals surface area contributed by atoms with Crippen molar-refractivity contribution < 1.29 is 37.5 Å². The molecule has 92 heavy (non-hydrogen) atoms. The average Bonchev–Trinajstić information content (AvgIpc) is 1.26. The number of hydrogen-bond donors (Lipinski definition) is 5. The van der Waals surface area contributed by atoms with Gasteiger partial charge in [-0.1, -0.05) is 99.9 Å². The minimum atomic E-state index is -4.50. The number of nitrogens with zero attached hydrogens (tertiary/aromatic N) is 8. The molecule has 2 saturated heterocycles.